The van der Waals surface area contributed by atoms with Gasteiger partial charge in [-0.2, -0.15) is 0 Å². The van der Waals surface area contributed by atoms with Gasteiger partial charge in [0.2, 0.25) is 5.91 Å². The van der Waals surface area contributed by atoms with E-state index < -0.39 is 5.54 Å². The van der Waals surface area contributed by atoms with Crippen LogP contribution < -0.4 is 10.1 Å². The molecule has 4 heteroatoms. The Bertz CT molecular complexity index is 524. The number of ether oxygens (including phenoxy) is 1. The maximum absolute atomic E-state index is 12.8. The van der Waals surface area contributed by atoms with Crippen LogP contribution in [0.25, 0.3) is 0 Å². The molecule has 0 radical (unpaired) electrons. The number of amides is 1. The molecule has 4 nitrogen and oxygen atoms in total. The van der Waals surface area contributed by atoms with Crippen LogP contribution in [0, 0.1) is 5.92 Å². The first-order valence-corrected chi connectivity index (χ1v) is 7.80. The minimum atomic E-state index is -0.445. The van der Waals surface area contributed by atoms with Crippen LogP contribution in [0.3, 0.4) is 0 Å². The zero-order valence-corrected chi connectivity index (χ0v) is 13.1. The van der Waals surface area contributed by atoms with Crippen LogP contribution in [0.5, 0.6) is 5.75 Å². The minimum Gasteiger partial charge on any atom is -0.497 e. The molecule has 1 amide bonds. The summed E-state index contributed by atoms with van der Waals surface area (Å²) in [6.45, 7) is 4.95. The van der Waals surface area contributed by atoms with Crippen molar-refractivity contribution in [3.05, 3.63) is 29.8 Å². The molecular weight excluding hydrogens is 264 g/mol. The zero-order valence-electron chi connectivity index (χ0n) is 13.1. The van der Waals surface area contributed by atoms with Crippen molar-refractivity contribution in [2.45, 2.75) is 44.8 Å². The molecule has 1 aliphatic carbocycles. The van der Waals surface area contributed by atoms with Crippen LogP contribution in [0.1, 0.15) is 44.8 Å². The number of carbonyl (C=O) groups excluding carboxylic acids is 1. The molecule has 0 bridgehead atoms. The van der Waals surface area contributed by atoms with Gasteiger partial charge in [0.15, 0.2) is 0 Å². The molecule has 1 N–H and O–H groups in total. The summed E-state index contributed by atoms with van der Waals surface area (Å²) >= 11 is 0. The second-order valence-electron chi connectivity index (χ2n) is 6.41. The van der Waals surface area contributed by atoms with Crippen molar-refractivity contribution in [2.24, 2.45) is 5.92 Å². The van der Waals surface area contributed by atoms with Gasteiger partial charge in [-0.3, -0.25) is 10.1 Å². The fourth-order valence-electron chi connectivity index (χ4n) is 2.95. The Labute approximate surface area is 126 Å². The largest absolute Gasteiger partial charge is 0.497 e. The molecule has 1 heterocycles. The van der Waals surface area contributed by atoms with Gasteiger partial charge in [0.25, 0.3) is 0 Å². The summed E-state index contributed by atoms with van der Waals surface area (Å²) in [5, 5.41) is 3.54. The molecule has 21 heavy (non-hydrogen) atoms. The molecule has 1 saturated heterocycles. The quantitative estimate of drug-likeness (QED) is 0.906. The number of rotatable bonds is 5. The first-order chi connectivity index (χ1) is 10.1. The molecule has 1 aromatic carbocycles. The van der Waals surface area contributed by atoms with E-state index in [1.165, 1.54) is 12.8 Å². The Morgan fingerprint density at radius 1 is 1.33 bits per heavy atom. The van der Waals surface area contributed by atoms with Crippen LogP contribution in [0.4, 0.5) is 0 Å². The third-order valence-electron chi connectivity index (χ3n) is 4.79. The van der Waals surface area contributed by atoms with E-state index in [-0.39, 0.29) is 12.1 Å². The van der Waals surface area contributed by atoms with E-state index >= 15 is 0 Å². The van der Waals surface area contributed by atoms with E-state index in [0.717, 1.165) is 24.3 Å². The lowest BCUT2D eigenvalue weighted by atomic mass is 9.99. The summed E-state index contributed by atoms with van der Waals surface area (Å²) in [6, 6.07) is 8.01. The van der Waals surface area contributed by atoms with Gasteiger partial charge >= 0.3 is 0 Å². The minimum absolute atomic E-state index is 0.0195. The Morgan fingerprint density at radius 2 is 2.00 bits per heavy atom. The van der Waals surface area contributed by atoms with Gasteiger partial charge in [-0.15, -0.1) is 0 Å². The number of nitrogens with one attached hydrogen (secondary N) is 1. The van der Waals surface area contributed by atoms with E-state index in [0.29, 0.717) is 5.92 Å². The van der Waals surface area contributed by atoms with Crippen LogP contribution in [-0.2, 0) is 4.79 Å². The smallest absolute Gasteiger partial charge is 0.244 e. The first kappa shape index (κ1) is 14.4. The number of methoxy groups -OCH3 is 1. The van der Waals surface area contributed by atoms with Crippen LogP contribution in [0.2, 0.25) is 0 Å². The third-order valence-corrected chi connectivity index (χ3v) is 4.79. The summed E-state index contributed by atoms with van der Waals surface area (Å²) in [5.41, 5.74) is 0.682. The molecule has 2 atom stereocenters. The fraction of sp³-hybridized carbons (Fsp3) is 0.588. The lowest BCUT2D eigenvalue weighted by Crippen LogP contribution is -2.43. The molecule has 0 spiro atoms. The van der Waals surface area contributed by atoms with Gasteiger partial charge in [-0.25, -0.2) is 0 Å². The van der Waals surface area contributed by atoms with Crippen molar-refractivity contribution < 1.29 is 9.53 Å². The summed E-state index contributed by atoms with van der Waals surface area (Å²) in [5.74, 6) is 1.77. The molecule has 2 aliphatic rings. The van der Waals surface area contributed by atoms with Crippen molar-refractivity contribution >= 4 is 5.91 Å². The van der Waals surface area contributed by atoms with Crippen molar-refractivity contribution in [1.29, 1.82) is 0 Å². The predicted octanol–water partition coefficient (Wildman–Crippen LogP) is 2.70. The number of carbonyl (C=O) groups is 1. The Morgan fingerprint density at radius 3 is 2.52 bits per heavy atom. The number of hydrogen-bond acceptors (Lipinski definition) is 3. The maximum atomic E-state index is 12.8. The molecule has 3 rings (SSSR count). The van der Waals surface area contributed by atoms with Gasteiger partial charge < -0.3 is 9.64 Å². The number of benzene rings is 1. The molecule has 1 saturated carbocycles. The molecule has 2 fully saturated rings. The number of nitrogens with zero attached hydrogens (tertiary/aromatic N) is 1. The van der Waals surface area contributed by atoms with Gasteiger partial charge in [-0.05, 0) is 49.8 Å². The van der Waals surface area contributed by atoms with Crippen molar-refractivity contribution in [3.63, 3.8) is 0 Å². The molecule has 2 unspecified atom stereocenters. The lowest BCUT2D eigenvalue weighted by Gasteiger charge is -2.24. The van der Waals surface area contributed by atoms with E-state index in [9.17, 15) is 4.79 Å². The molecule has 0 aromatic heterocycles. The predicted molar refractivity (Wildman–Crippen MR) is 82.0 cm³/mol. The van der Waals surface area contributed by atoms with Gasteiger partial charge in [0, 0.05) is 6.54 Å². The van der Waals surface area contributed by atoms with E-state index in [1.54, 1.807) is 7.11 Å². The van der Waals surface area contributed by atoms with Crippen molar-refractivity contribution in [3.8, 4) is 5.75 Å². The average Bonchev–Trinajstić information content (AvgIpc) is 3.30. The topological polar surface area (TPSA) is 41.6 Å². The summed E-state index contributed by atoms with van der Waals surface area (Å²) in [7, 11) is 1.67. The van der Waals surface area contributed by atoms with E-state index in [4.69, 9.17) is 4.74 Å². The lowest BCUT2D eigenvalue weighted by molar-refractivity contribution is -0.133. The van der Waals surface area contributed by atoms with Gasteiger partial charge in [0.1, 0.15) is 11.9 Å². The maximum Gasteiger partial charge on any atom is 0.244 e. The average molecular weight is 288 g/mol. The Hall–Kier alpha value is -1.55. The van der Waals surface area contributed by atoms with Crippen molar-refractivity contribution in [1.82, 2.24) is 10.2 Å². The van der Waals surface area contributed by atoms with Gasteiger partial charge in [-0.1, -0.05) is 19.1 Å². The van der Waals surface area contributed by atoms with Crippen molar-refractivity contribution in [2.75, 3.05) is 13.7 Å². The highest BCUT2D eigenvalue weighted by Gasteiger charge is 2.48. The summed E-state index contributed by atoms with van der Waals surface area (Å²) in [6.07, 6.45) is 3.29. The summed E-state index contributed by atoms with van der Waals surface area (Å²) in [4.78, 5) is 14.8. The molecule has 114 valence electrons. The fourth-order valence-corrected chi connectivity index (χ4v) is 2.95. The second kappa shape index (κ2) is 5.34. The van der Waals surface area contributed by atoms with Crippen LogP contribution in [0.15, 0.2) is 24.3 Å². The van der Waals surface area contributed by atoms with Gasteiger partial charge in [0.05, 0.1) is 12.6 Å². The SMILES string of the molecule is CCC1(C)NC(c2ccc(OC)cc2)N(CC2CC2)C1=O. The number of hydrogen-bond donors (Lipinski definition) is 1. The summed E-state index contributed by atoms with van der Waals surface area (Å²) < 4.78 is 5.22. The highest BCUT2D eigenvalue weighted by molar-refractivity contribution is 5.88. The monoisotopic (exact) mass is 288 g/mol. The normalized spacial score (nSPS) is 29.0. The Kier molecular flexibility index (Phi) is 3.66. The highest BCUT2D eigenvalue weighted by Crippen LogP contribution is 2.38. The zero-order chi connectivity index (χ0) is 15.0. The molecule has 1 aliphatic heterocycles. The third kappa shape index (κ3) is 2.64. The van der Waals surface area contributed by atoms with Crippen LogP contribution in [-0.4, -0.2) is 30.0 Å². The van der Waals surface area contributed by atoms with Crippen LogP contribution >= 0.6 is 0 Å². The van der Waals surface area contributed by atoms with E-state index in [2.05, 4.69) is 12.2 Å². The molecule has 1 aromatic rings. The van der Waals surface area contributed by atoms with E-state index in [1.807, 2.05) is 36.1 Å². The second-order valence-corrected chi connectivity index (χ2v) is 6.41. The highest BCUT2D eigenvalue weighted by atomic mass is 16.5. The first-order valence-electron chi connectivity index (χ1n) is 7.80. The Balaban J connectivity index is 1.87. The standard InChI is InChI=1S/C17H24N2O2/c1-4-17(2)16(20)19(11-12-5-6-12)15(18-17)13-7-9-14(21-3)10-8-13/h7-10,12,15,18H,4-6,11H2,1-3H3. The molecular formula is C17H24N2O2.